The lowest BCUT2D eigenvalue weighted by Crippen LogP contribution is -2.46. The topological polar surface area (TPSA) is 87.7 Å². The van der Waals surface area contributed by atoms with Crippen molar-refractivity contribution in [1.29, 1.82) is 0 Å². The van der Waals surface area contributed by atoms with Gasteiger partial charge in [0, 0.05) is 4.68 Å². The van der Waals surface area contributed by atoms with Gasteiger partial charge in [0.25, 0.3) is 6.33 Å². The Hall–Kier alpha value is -1.66. The summed E-state index contributed by atoms with van der Waals surface area (Å²) >= 11 is 0. The van der Waals surface area contributed by atoms with E-state index in [1.54, 1.807) is 0 Å². The first-order valence-corrected chi connectivity index (χ1v) is 2.10. The fourth-order valence-electron chi connectivity index (χ4n) is 0.373. The molecule has 0 aliphatic carbocycles. The van der Waals surface area contributed by atoms with Crippen LogP contribution in [-0.2, 0) is 0 Å². The van der Waals surface area contributed by atoms with E-state index in [1.165, 1.54) is 12.7 Å². The minimum absolute atomic E-state index is 0.685. The zero-order valence-corrected chi connectivity index (χ0v) is 4.31. The largest absolute Gasteiger partial charge is 0.318 e. The van der Waals surface area contributed by atoms with Crippen LogP contribution < -0.4 is 10.2 Å². The molecule has 0 saturated heterocycles. The Balaban J connectivity index is 2.58. The molecular weight excluding hydrogens is 126 g/mol. The fraction of sp³-hybridized carbons (Fsp3) is 0. The first-order chi connectivity index (χ1) is 4.29. The van der Waals surface area contributed by atoms with Crippen molar-refractivity contribution < 1.29 is 9.71 Å². The standard InChI is InChI=1S/C2H3N5O2/c8-7(9)5-6-1-3-4-2-6/h1-2,5H/p+1. The Morgan fingerprint density at radius 1 is 1.89 bits per heavy atom. The molecule has 0 saturated carbocycles. The second-order valence-electron chi connectivity index (χ2n) is 1.27. The number of hydrogen-bond donors (Lipinski definition) is 2. The average Bonchev–Trinajstić information content (AvgIpc) is 2.15. The third-order valence-corrected chi connectivity index (χ3v) is 0.651. The van der Waals surface area contributed by atoms with Crippen molar-refractivity contribution in [3.8, 4) is 0 Å². The van der Waals surface area contributed by atoms with Gasteiger partial charge in [0.05, 0.1) is 0 Å². The molecule has 0 spiro atoms. The number of aromatic nitrogens is 3. The van der Waals surface area contributed by atoms with Crippen LogP contribution in [0.3, 0.4) is 0 Å². The van der Waals surface area contributed by atoms with E-state index in [9.17, 15) is 10.1 Å². The zero-order chi connectivity index (χ0) is 6.69. The van der Waals surface area contributed by atoms with Crippen LogP contribution in [0.2, 0.25) is 0 Å². The van der Waals surface area contributed by atoms with E-state index in [4.69, 9.17) is 0 Å². The first kappa shape index (κ1) is 5.48. The number of nitrogens with zero attached hydrogens (tertiary/aromatic N) is 3. The van der Waals surface area contributed by atoms with Gasteiger partial charge in [-0.2, -0.15) is 0 Å². The molecular formula is C2H4N5O2+. The third-order valence-electron chi connectivity index (χ3n) is 0.651. The van der Waals surface area contributed by atoms with E-state index in [1.807, 2.05) is 5.53 Å². The summed E-state index contributed by atoms with van der Waals surface area (Å²) in [6.45, 7) is 0. The van der Waals surface area contributed by atoms with Gasteiger partial charge < -0.3 is 0 Å². The van der Waals surface area contributed by atoms with Crippen LogP contribution in [-0.4, -0.2) is 15.2 Å². The number of nitro groups is 1. The van der Waals surface area contributed by atoms with Crippen LogP contribution in [0.1, 0.15) is 0 Å². The maximum absolute atomic E-state index is 9.70. The lowest BCUT2D eigenvalue weighted by atomic mass is 11.3. The number of H-pyrrole nitrogens is 1. The van der Waals surface area contributed by atoms with Crippen LogP contribution in [0.5, 0.6) is 0 Å². The molecule has 0 atom stereocenters. The van der Waals surface area contributed by atoms with E-state index in [0.717, 1.165) is 4.68 Å². The summed E-state index contributed by atoms with van der Waals surface area (Å²) < 4.78 is 1.08. The molecule has 0 aliphatic rings. The highest BCUT2D eigenvalue weighted by molar-refractivity contribution is 4.30. The monoisotopic (exact) mass is 130 g/mol. The van der Waals surface area contributed by atoms with Gasteiger partial charge in [0.1, 0.15) is 5.53 Å². The molecule has 0 amide bonds. The highest BCUT2D eigenvalue weighted by Crippen LogP contribution is 1.57. The number of hydrogen-bond acceptors (Lipinski definition) is 3. The molecule has 0 aliphatic heterocycles. The fourth-order valence-corrected chi connectivity index (χ4v) is 0.373. The molecule has 1 aromatic heterocycles. The Morgan fingerprint density at radius 2 is 2.67 bits per heavy atom. The first-order valence-electron chi connectivity index (χ1n) is 2.10. The number of rotatable bonds is 2. The molecule has 9 heavy (non-hydrogen) atoms. The predicted octanol–water partition coefficient (Wildman–Crippen LogP) is -1.57. The van der Waals surface area contributed by atoms with Crippen molar-refractivity contribution in [2.45, 2.75) is 0 Å². The molecule has 7 heteroatoms. The van der Waals surface area contributed by atoms with Crippen molar-refractivity contribution in [2.24, 2.45) is 0 Å². The molecule has 0 aromatic carbocycles. The van der Waals surface area contributed by atoms with Crippen molar-refractivity contribution in [2.75, 3.05) is 5.53 Å². The third kappa shape index (κ3) is 1.37. The number of aromatic amines is 1. The minimum atomic E-state index is -0.685. The predicted molar refractivity (Wildman–Crippen MR) is 25.1 cm³/mol. The van der Waals surface area contributed by atoms with E-state index in [0.29, 0.717) is 0 Å². The second-order valence-corrected chi connectivity index (χ2v) is 1.27. The van der Waals surface area contributed by atoms with Gasteiger partial charge in [0.2, 0.25) is 5.03 Å². The van der Waals surface area contributed by atoms with Crippen LogP contribution in [0, 0.1) is 10.1 Å². The summed E-state index contributed by atoms with van der Waals surface area (Å²) in [5.74, 6) is 0. The lowest BCUT2D eigenvalue weighted by molar-refractivity contribution is -0.774. The van der Waals surface area contributed by atoms with Crippen LogP contribution in [0.4, 0.5) is 0 Å². The molecule has 48 valence electrons. The Kier molecular flexibility index (Phi) is 1.26. The van der Waals surface area contributed by atoms with E-state index < -0.39 is 5.03 Å². The molecule has 1 rings (SSSR count). The van der Waals surface area contributed by atoms with E-state index in [2.05, 4.69) is 10.2 Å². The Bertz CT molecular complexity index is 193. The van der Waals surface area contributed by atoms with Crippen LogP contribution in [0.25, 0.3) is 0 Å². The Morgan fingerprint density at radius 3 is 3.11 bits per heavy atom. The molecule has 2 N–H and O–H groups in total. The SMILES string of the molecule is O=[N+]([O-])N[n+]1cn[nH]c1. The highest BCUT2D eigenvalue weighted by atomic mass is 16.7. The summed E-state index contributed by atoms with van der Waals surface area (Å²) in [4.78, 5) is 9.70. The average molecular weight is 130 g/mol. The van der Waals surface area contributed by atoms with Gasteiger partial charge in [-0.15, -0.1) is 5.10 Å². The lowest BCUT2D eigenvalue weighted by Gasteiger charge is -1.79. The normalized spacial score (nSPS) is 8.89. The quantitative estimate of drug-likeness (QED) is 0.287. The second kappa shape index (κ2) is 2.07. The highest BCUT2D eigenvalue weighted by Gasteiger charge is 2.03. The molecule has 0 unspecified atom stereocenters. The number of nitrogens with one attached hydrogen (secondary N) is 2. The maximum Gasteiger partial charge on any atom is 0.318 e. The van der Waals surface area contributed by atoms with Gasteiger partial charge in [-0.3, -0.25) is 0 Å². The minimum Gasteiger partial charge on any atom is -0.231 e. The zero-order valence-electron chi connectivity index (χ0n) is 4.31. The smallest absolute Gasteiger partial charge is 0.231 e. The van der Waals surface area contributed by atoms with Crippen molar-refractivity contribution in [1.82, 2.24) is 10.2 Å². The molecule has 0 fully saturated rings. The van der Waals surface area contributed by atoms with Crippen molar-refractivity contribution in [3.63, 3.8) is 0 Å². The maximum atomic E-state index is 9.70. The van der Waals surface area contributed by atoms with Gasteiger partial charge in [-0.25, -0.2) is 15.2 Å². The molecule has 1 aromatic rings. The summed E-state index contributed by atoms with van der Waals surface area (Å²) in [6, 6.07) is 0. The van der Waals surface area contributed by atoms with Crippen LogP contribution in [0.15, 0.2) is 12.7 Å². The van der Waals surface area contributed by atoms with Gasteiger partial charge >= 0.3 is 6.33 Å². The van der Waals surface area contributed by atoms with E-state index >= 15 is 0 Å². The summed E-state index contributed by atoms with van der Waals surface area (Å²) in [5, 5.41) is 14.8. The van der Waals surface area contributed by atoms with E-state index in [-0.39, 0.29) is 0 Å². The van der Waals surface area contributed by atoms with Gasteiger partial charge in [0.15, 0.2) is 0 Å². The Labute approximate surface area is 49.4 Å². The molecule has 1 heterocycles. The number of hydrazine groups is 1. The summed E-state index contributed by atoms with van der Waals surface area (Å²) in [6.07, 6.45) is 2.55. The summed E-state index contributed by atoms with van der Waals surface area (Å²) in [7, 11) is 0. The van der Waals surface area contributed by atoms with Gasteiger partial charge in [-0.05, 0) is 0 Å². The van der Waals surface area contributed by atoms with Crippen molar-refractivity contribution >= 4 is 0 Å². The molecule has 0 bridgehead atoms. The summed E-state index contributed by atoms with van der Waals surface area (Å²) in [5.41, 5.74) is 1.83. The van der Waals surface area contributed by atoms with Crippen molar-refractivity contribution in [3.05, 3.63) is 22.8 Å². The van der Waals surface area contributed by atoms with Gasteiger partial charge in [-0.1, -0.05) is 0 Å². The van der Waals surface area contributed by atoms with Crippen LogP contribution >= 0.6 is 0 Å². The molecule has 7 nitrogen and oxygen atoms in total. The molecule has 0 radical (unpaired) electrons.